The van der Waals surface area contributed by atoms with Crippen molar-refractivity contribution in [2.45, 2.75) is 32.9 Å². The van der Waals surface area contributed by atoms with Gasteiger partial charge in [-0.05, 0) is 30.5 Å². The lowest BCUT2D eigenvalue weighted by Crippen LogP contribution is -2.41. The molecule has 2 N–H and O–H groups in total. The average Bonchev–Trinajstić information content (AvgIpc) is 2.29. The fourth-order valence-corrected chi connectivity index (χ4v) is 1.41. The fourth-order valence-electron chi connectivity index (χ4n) is 1.41. The van der Waals surface area contributed by atoms with Crippen LogP contribution in [0.3, 0.4) is 0 Å². The molecule has 3 nitrogen and oxygen atoms in total. The molecule has 1 rings (SSSR count). The lowest BCUT2D eigenvalue weighted by atomic mass is 9.92. The van der Waals surface area contributed by atoms with Crippen molar-refractivity contribution in [2.24, 2.45) is 5.92 Å². The highest BCUT2D eigenvalue weighted by Gasteiger charge is 2.23. The Hall–Kier alpha value is -1.06. The lowest BCUT2D eigenvalue weighted by Gasteiger charge is -2.28. The van der Waals surface area contributed by atoms with Crippen LogP contribution >= 0.6 is 0 Å². The molecule has 0 bridgehead atoms. The number of nitrogens with one attached hydrogen (secondary N) is 1. The molecular weight excluding hydrogens is 214 g/mol. The van der Waals surface area contributed by atoms with Gasteiger partial charge in [0.05, 0.1) is 12.7 Å². The number of hydrogen-bond donors (Lipinski definition) is 2. The molecule has 0 radical (unpaired) electrons. The summed E-state index contributed by atoms with van der Waals surface area (Å²) in [5, 5.41) is 13.3. The zero-order valence-electron chi connectivity index (χ0n) is 11.2. The Bertz CT molecular complexity index is 331. The van der Waals surface area contributed by atoms with Crippen molar-refractivity contribution in [3.8, 4) is 5.75 Å². The van der Waals surface area contributed by atoms with Gasteiger partial charge in [-0.15, -0.1) is 0 Å². The van der Waals surface area contributed by atoms with Crippen molar-refractivity contribution >= 4 is 0 Å². The Kier molecular flexibility index (Phi) is 4.97. The van der Waals surface area contributed by atoms with Gasteiger partial charge in [-0.3, -0.25) is 0 Å². The van der Waals surface area contributed by atoms with Gasteiger partial charge < -0.3 is 15.2 Å². The minimum atomic E-state index is -0.660. The van der Waals surface area contributed by atoms with Gasteiger partial charge in [-0.1, -0.05) is 26.0 Å². The molecule has 0 spiro atoms. The Morgan fingerprint density at radius 1 is 1.29 bits per heavy atom. The van der Waals surface area contributed by atoms with Gasteiger partial charge in [-0.25, -0.2) is 0 Å². The minimum Gasteiger partial charge on any atom is -0.497 e. The number of benzene rings is 1. The summed E-state index contributed by atoms with van der Waals surface area (Å²) < 4.78 is 5.10. The van der Waals surface area contributed by atoms with E-state index < -0.39 is 5.60 Å². The van der Waals surface area contributed by atoms with Crippen LogP contribution < -0.4 is 10.1 Å². The molecule has 0 aromatic heterocycles. The highest BCUT2D eigenvalue weighted by atomic mass is 16.5. The van der Waals surface area contributed by atoms with Gasteiger partial charge in [0, 0.05) is 13.1 Å². The van der Waals surface area contributed by atoms with E-state index in [2.05, 4.69) is 5.32 Å². The largest absolute Gasteiger partial charge is 0.497 e. The summed E-state index contributed by atoms with van der Waals surface area (Å²) in [7, 11) is 1.66. The summed E-state index contributed by atoms with van der Waals surface area (Å²) in [6, 6.07) is 7.93. The van der Waals surface area contributed by atoms with E-state index >= 15 is 0 Å². The zero-order valence-corrected chi connectivity index (χ0v) is 11.2. The van der Waals surface area contributed by atoms with E-state index in [-0.39, 0.29) is 5.92 Å². The summed E-state index contributed by atoms with van der Waals surface area (Å²) in [5.74, 6) is 1.11. The molecule has 3 heteroatoms. The fraction of sp³-hybridized carbons (Fsp3) is 0.571. The van der Waals surface area contributed by atoms with Crippen molar-refractivity contribution < 1.29 is 9.84 Å². The van der Waals surface area contributed by atoms with Crippen LogP contribution in [0.5, 0.6) is 5.75 Å². The predicted octanol–water partition coefficient (Wildman–Crippen LogP) is 2.19. The maximum Gasteiger partial charge on any atom is 0.118 e. The molecule has 0 heterocycles. The normalized spacial score (nSPS) is 14.7. The monoisotopic (exact) mass is 237 g/mol. The van der Waals surface area contributed by atoms with Crippen LogP contribution in [0.4, 0.5) is 0 Å². The molecule has 0 saturated heterocycles. The molecule has 1 atom stereocenters. The third-order valence-corrected chi connectivity index (χ3v) is 3.21. The topological polar surface area (TPSA) is 41.5 Å². The molecule has 17 heavy (non-hydrogen) atoms. The quantitative estimate of drug-likeness (QED) is 0.797. The summed E-state index contributed by atoms with van der Waals surface area (Å²) in [5.41, 5.74) is 0.525. The first-order valence-corrected chi connectivity index (χ1v) is 6.01. The van der Waals surface area contributed by atoms with Gasteiger partial charge in [-0.2, -0.15) is 0 Å². The molecule has 0 aliphatic rings. The van der Waals surface area contributed by atoms with E-state index in [1.807, 2.05) is 45.0 Å². The van der Waals surface area contributed by atoms with Crippen LogP contribution in [0.2, 0.25) is 0 Å². The first-order chi connectivity index (χ1) is 7.95. The third kappa shape index (κ3) is 4.36. The Labute approximate surface area is 104 Å². The van der Waals surface area contributed by atoms with Crippen molar-refractivity contribution in [1.82, 2.24) is 5.32 Å². The molecule has 1 aromatic carbocycles. The van der Waals surface area contributed by atoms with E-state index in [9.17, 15) is 5.11 Å². The van der Waals surface area contributed by atoms with Gasteiger partial charge in [0.2, 0.25) is 0 Å². The smallest absolute Gasteiger partial charge is 0.118 e. The maximum atomic E-state index is 10.1. The first-order valence-electron chi connectivity index (χ1n) is 6.01. The highest BCUT2D eigenvalue weighted by molar-refractivity contribution is 5.26. The summed E-state index contributed by atoms with van der Waals surface area (Å²) in [4.78, 5) is 0. The van der Waals surface area contributed by atoms with E-state index in [0.29, 0.717) is 6.54 Å². The standard InChI is InChI=1S/C14H23NO2/c1-11(2)14(3,16)10-15-9-12-5-7-13(17-4)8-6-12/h5-8,11,15-16H,9-10H2,1-4H3. The molecule has 0 aliphatic carbocycles. The van der Waals surface area contributed by atoms with E-state index in [1.54, 1.807) is 7.11 Å². The number of aliphatic hydroxyl groups is 1. The minimum absolute atomic E-state index is 0.242. The van der Waals surface area contributed by atoms with E-state index in [0.717, 1.165) is 12.3 Å². The molecule has 0 fully saturated rings. The van der Waals surface area contributed by atoms with E-state index in [4.69, 9.17) is 4.74 Å². The van der Waals surface area contributed by atoms with Crippen molar-refractivity contribution in [3.05, 3.63) is 29.8 Å². The third-order valence-electron chi connectivity index (χ3n) is 3.21. The molecule has 0 aliphatic heterocycles. The SMILES string of the molecule is COc1ccc(CNCC(C)(O)C(C)C)cc1. The molecule has 96 valence electrons. The van der Waals surface area contributed by atoms with Crippen molar-refractivity contribution in [3.63, 3.8) is 0 Å². The second kappa shape index (κ2) is 6.03. The Morgan fingerprint density at radius 3 is 2.35 bits per heavy atom. The Balaban J connectivity index is 2.40. The number of hydrogen-bond acceptors (Lipinski definition) is 3. The second-order valence-corrected chi connectivity index (χ2v) is 4.96. The van der Waals surface area contributed by atoms with E-state index in [1.165, 1.54) is 5.56 Å². The van der Waals surface area contributed by atoms with Crippen molar-refractivity contribution in [1.29, 1.82) is 0 Å². The summed E-state index contributed by atoms with van der Waals surface area (Å²) in [6.07, 6.45) is 0. The first kappa shape index (κ1) is 14.0. The van der Waals surface area contributed by atoms with Crippen LogP contribution in [0, 0.1) is 5.92 Å². The summed E-state index contributed by atoms with van der Waals surface area (Å²) >= 11 is 0. The van der Waals surface area contributed by atoms with Crippen LogP contribution in [-0.2, 0) is 6.54 Å². The second-order valence-electron chi connectivity index (χ2n) is 4.96. The zero-order chi connectivity index (χ0) is 12.9. The van der Waals surface area contributed by atoms with Crippen LogP contribution in [0.15, 0.2) is 24.3 Å². The molecular formula is C14H23NO2. The van der Waals surface area contributed by atoms with Crippen LogP contribution in [0.25, 0.3) is 0 Å². The highest BCUT2D eigenvalue weighted by Crippen LogP contribution is 2.15. The van der Waals surface area contributed by atoms with Crippen molar-refractivity contribution in [2.75, 3.05) is 13.7 Å². The number of methoxy groups -OCH3 is 1. The van der Waals surface area contributed by atoms with Gasteiger partial charge in [0.25, 0.3) is 0 Å². The van der Waals surface area contributed by atoms with Crippen LogP contribution in [0.1, 0.15) is 26.3 Å². The molecule has 1 aromatic rings. The number of ether oxygens (including phenoxy) is 1. The summed E-state index contributed by atoms with van der Waals surface area (Å²) in [6.45, 7) is 7.26. The molecule has 0 saturated carbocycles. The van der Waals surface area contributed by atoms with Gasteiger partial charge in [0.15, 0.2) is 0 Å². The molecule has 0 amide bonds. The predicted molar refractivity (Wildman–Crippen MR) is 70.2 cm³/mol. The Morgan fingerprint density at radius 2 is 1.88 bits per heavy atom. The van der Waals surface area contributed by atoms with Gasteiger partial charge >= 0.3 is 0 Å². The number of rotatable bonds is 6. The van der Waals surface area contributed by atoms with Crippen LogP contribution in [-0.4, -0.2) is 24.4 Å². The molecule has 1 unspecified atom stereocenters. The van der Waals surface area contributed by atoms with Gasteiger partial charge in [0.1, 0.15) is 5.75 Å². The maximum absolute atomic E-state index is 10.1. The lowest BCUT2D eigenvalue weighted by molar-refractivity contribution is 0.0140. The average molecular weight is 237 g/mol.